The Morgan fingerprint density at radius 3 is 2.85 bits per heavy atom. The van der Waals surface area contributed by atoms with Gasteiger partial charge in [0, 0.05) is 19.7 Å². The minimum absolute atomic E-state index is 0.430. The van der Waals surface area contributed by atoms with E-state index in [1.807, 2.05) is 12.4 Å². The summed E-state index contributed by atoms with van der Waals surface area (Å²) >= 11 is 0. The number of hydrogen-bond acceptors (Lipinski definition) is 3. The Bertz CT molecular complexity index is 521. The molecule has 20 heavy (non-hydrogen) atoms. The molecule has 1 aromatic carbocycles. The van der Waals surface area contributed by atoms with E-state index in [1.165, 1.54) is 5.52 Å². The lowest BCUT2D eigenvalue weighted by molar-refractivity contribution is 0.147. The van der Waals surface area contributed by atoms with Crippen LogP contribution in [0.3, 0.4) is 0 Å². The van der Waals surface area contributed by atoms with Gasteiger partial charge in [0.1, 0.15) is 0 Å². The zero-order valence-corrected chi connectivity index (χ0v) is 12.7. The summed E-state index contributed by atoms with van der Waals surface area (Å²) in [5.74, 6) is 0.587. The molecule has 0 bridgehead atoms. The van der Waals surface area contributed by atoms with Crippen LogP contribution in [0.2, 0.25) is 0 Å². The topological polar surface area (TPSA) is 39.1 Å². The molecule has 0 saturated heterocycles. The van der Waals surface area contributed by atoms with Crippen LogP contribution in [-0.4, -0.2) is 35.9 Å². The van der Waals surface area contributed by atoms with Crippen LogP contribution >= 0.6 is 0 Å². The highest BCUT2D eigenvalue weighted by atomic mass is 16.5. The van der Waals surface area contributed by atoms with E-state index in [0.717, 1.165) is 31.6 Å². The second-order valence-corrected chi connectivity index (χ2v) is 5.54. The summed E-state index contributed by atoms with van der Waals surface area (Å²) in [7, 11) is 1.76. The van der Waals surface area contributed by atoms with Gasteiger partial charge in [-0.3, -0.25) is 0 Å². The molecule has 0 radical (unpaired) electrons. The van der Waals surface area contributed by atoms with Crippen LogP contribution < -0.4 is 5.32 Å². The van der Waals surface area contributed by atoms with Gasteiger partial charge in [0.25, 0.3) is 0 Å². The monoisotopic (exact) mass is 275 g/mol. The van der Waals surface area contributed by atoms with Crippen molar-refractivity contribution in [3.05, 3.63) is 30.6 Å². The van der Waals surface area contributed by atoms with Crippen molar-refractivity contribution in [1.29, 1.82) is 0 Å². The first-order valence-corrected chi connectivity index (χ1v) is 7.34. The highest BCUT2D eigenvalue weighted by Crippen LogP contribution is 2.12. The summed E-state index contributed by atoms with van der Waals surface area (Å²) in [6.07, 6.45) is 3.02. The van der Waals surface area contributed by atoms with Crippen molar-refractivity contribution in [2.45, 2.75) is 32.9 Å². The molecule has 1 unspecified atom stereocenters. The van der Waals surface area contributed by atoms with E-state index in [1.54, 1.807) is 7.11 Å². The van der Waals surface area contributed by atoms with Gasteiger partial charge in [-0.2, -0.15) is 0 Å². The van der Waals surface area contributed by atoms with E-state index >= 15 is 0 Å². The Balaban J connectivity index is 1.81. The van der Waals surface area contributed by atoms with Crippen molar-refractivity contribution in [3.8, 4) is 0 Å². The number of imidazole rings is 1. The van der Waals surface area contributed by atoms with Crippen LogP contribution in [-0.2, 0) is 11.3 Å². The highest BCUT2D eigenvalue weighted by molar-refractivity contribution is 5.74. The smallest absolute Gasteiger partial charge is 0.0958 e. The third kappa shape index (κ3) is 3.81. The van der Waals surface area contributed by atoms with Crippen molar-refractivity contribution in [2.24, 2.45) is 5.92 Å². The van der Waals surface area contributed by atoms with E-state index in [4.69, 9.17) is 4.74 Å². The molecule has 0 saturated carbocycles. The molecule has 0 spiro atoms. The first-order valence-electron chi connectivity index (χ1n) is 7.34. The zero-order chi connectivity index (χ0) is 14.4. The molecule has 0 aliphatic carbocycles. The Labute approximate surface area is 121 Å². The predicted octanol–water partition coefficient (Wildman–Crippen LogP) is 2.69. The molecule has 0 aliphatic heterocycles. The normalized spacial score (nSPS) is 13.2. The van der Waals surface area contributed by atoms with Gasteiger partial charge in [-0.15, -0.1) is 0 Å². The van der Waals surface area contributed by atoms with E-state index in [2.05, 4.69) is 46.9 Å². The molecule has 1 aromatic heterocycles. The maximum absolute atomic E-state index is 5.25. The van der Waals surface area contributed by atoms with Crippen molar-refractivity contribution < 1.29 is 4.74 Å². The largest absolute Gasteiger partial charge is 0.383 e. The molecule has 0 amide bonds. The summed E-state index contributed by atoms with van der Waals surface area (Å²) in [5, 5.41) is 3.57. The van der Waals surface area contributed by atoms with Crippen LogP contribution in [0.25, 0.3) is 11.0 Å². The van der Waals surface area contributed by atoms with Crippen molar-refractivity contribution in [2.75, 3.05) is 20.3 Å². The SMILES string of the molecule is COCC(NCCCn1cnc2ccccc21)C(C)C. The number of nitrogens with one attached hydrogen (secondary N) is 1. The number of aromatic nitrogens is 2. The molecule has 110 valence electrons. The van der Waals surface area contributed by atoms with Crippen LogP contribution in [0.1, 0.15) is 20.3 Å². The number of ether oxygens (including phenoxy) is 1. The second-order valence-electron chi connectivity index (χ2n) is 5.54. The van der Waals surface area contributed by atoms with E-state index in [-0.39, 0.29) is 0 Å². The van der Waals surface area contributed by atoms with Gasteiger partial charge in [0.2, 0.25) is 0 Å². The van der Waals surface area contributed by atoms with Crippen LogP contribution in [0.4, 0.5) is 0 Å². The second kappa shape index (κ2) is 7.41. The summed E-state index contributed by atoms with van der Waals surface area (Å²) < 4.78 is 7.47. The lowest BCUT2D eigenvalue weighted by atomic mass is 10.1. The third-order valence-corrected chi connectivity index (χ3v) is 3.66. The van der Waals surface area contributed by atoms with Gasteiger partial charge < -0.3 is 14.6 Å². The zero-order valence-electron chi connectivity index (χ0n) is 12.7. The molecule has 1 heterocycles. The average molecular weight is 275 g/mol. The number of fused-ring (bicyclic) bond motifs is 1. The van der Waals surface area contributed by atoms with Crippen LogP contribution in [0.15, 0.2) is 30.6 Å². The number of rotatable bonds is 8. The van der Waals surface area contributed by atoms with Crippen molar-refractivity contribution in [3.63, 3.8) is 0 Å². The Morgan fingerprint density at radius 1 is 1.30 bits per heavy atom. The lowest BCUT2D eigenvalue weighted by Gasteiger charge is -2.21. The van der Waals surface area contributed by atoms with Gasteiger partial charge in [0.05, 0.1) is 24.0 Å². The van der Waals surface area contributed by atoms with Crippen LogP contribution in [0, 0.1) is 5.92 Å². The van der Waals surface area contributed by atoms with Gasteiger partial charge in [-0.05, 0) is 31.0 Å². The molecule has 2 rings (SSSR count). The Hall–Kier alpha value is -1.39. The molecule has 1 atom stereocenters. The molecule has 0 fully saturated rings. The minimum atomic E-state index is 0.430. The molecule has 2 aromatic rings. The fourth-order valence-electron chi connectivity index (χ4n) is 2.39. The minimum Gasteiger partial charge on any atom is -0.383 e. The fourth-order valence-corrected chi connectivity index (χ4v) is 2.39. The number of nitrogens with zero attached hydrogens (tertiary/aromatic N) is 2. The molecule has 4 heteroatoms. The van der Waals surface area contributed by atoms with Crippen molar-refractivity contribution >= 4 is 11.0 Å². The summed E-state index contributed by atoms with van der Waals surface area (Å²) in [5.41, 5.74) is 2.28. The number of aryl methyl sites for hydroxylation is 1. The first-order chi connectivity index (χ1) is 9.72. The third-order valence-electron chi connectivity index (χ3n) is 3.66. The van der Waals surface area contributed by atoms with E-state index in [9.17, 15) is 0 Å². The Kier molecular flexibility index (Phi) is 5.56. The fraction of sp³-hybridized carbons (Fsp3) is 0.562. The summed E-state index contributed by atoms with van der Waals surface area (Å²) in [6.45, 7) is 7.20. The predicted molar refractivity (Wildman–Crippen MR) is 82.9 cm³/mol. The first kappa shape index (κ1) is 15.0. The number of benzene rings is 1. The average Bonchev–Trinajstić information content (AvgIpc) is 2.85. The molecule has 0 aliphatic rings. The maximum Gasteiger partial charge on any atom is 0.0958 e. The standard InChI is InChI=1S/C16H25N3O/c1-13(2)15(11-20-3)17-9-6-10-19-12-18-14-7-4-5-8-16(14)19/h4-5,7-8,12-13,15,17H,6,9-11H2,1-3H3. The van der Waals surface area contributed by atoms with Gasteiger partial charge in [0.15, 0.2) is 0 Å². The molecular weight excluding hydrogens is 250 g/mol. The molecule has 4 nitrogen and oxygen atoms in total. The quantitative estimate of drug-likeness (QED) is 0.753. The summed E-state index contributed by atoms with van der Waals surface area (Å²) in [6, 6.07) is 8.69. The van der Waals surface area contributed by atoms with Crippen LogP contribution in [0.5, 0.6) is 0 Å². The van der Waals surface area contributed by atoms with E-state index in [0.29, 0.717) is 12.0 Å². The van der Waals surface area contributed by atoms with E-state index < -0.39 is 0 Å². The number of hydrogen-bond donors (Lipinski definition) is 1. The van der Waals surface area contributed by atoms with Gasteiger partial charge in [-0.1, -0.05) is 26.0 Å². The molecular formula is C16H25N3O. The number of para-hydroxylation sites is 2. The highest BCUT2D eigenvalue weighted by Gasteiger charge is 2.11. The van der Waals surface area contributed by atoms with Crippen molar-refractivity contribution in [1.82, 2.24) is 14.9 Å². The lowest BCUT2D eigenvalue weighted by Crippen LogP contribution is -2.38. The Morgan fingerprint density at radius 2 is 2.10 bits per heavy atom. The molecule has 1 N–H and O–H groups in total. The van der Waals surface area contributed by atoms with Gasteiger partial charge in [-0.25, -0.2) is 4.98 Å². The number of methoxy groups -OCH3 is 1. The summed E-state index contributed by atoms with van der Waals surface area (Å²) in [4.78, 5) is 4.41. The maximum atomic E-state index is 5.25. The van der Waals surface area contributed by atoms with Gasteiger partial charge >= 0.3 is 0 Å².